The van der Waals surface area contributed by atoms with Crippen LogP contribution in [0.15, 0.2) is 0 Å². The van der Waals surface area contributed by atoms with Gasteiger partial charge in [-0.1, -0.05) is 27.2 Å². The van der Waals surface area contributed by atoms with Crippen LogP contribution in [0.4, 0.5) is 4.79 Å². The molecule has 5 heteroatoms. The van der Waals surface area contributed by atoms with Crippen LogP contribution < -0.4 is 10.6 Å². The summed E-state index contributed by atoms with van der Waals surface area (Å²) in [6.45, 7) is 7.47. The molecule has 0 aromatic rings. The Hall–Kier alpha value is -1.26. The minimum absolute atomic E-state index is 0.00113. The first-order chi connectivity index (χ1) is 9.87. The number of amides is 2. The molecular weight excluding hydrogens is 268 g/mol. The molecule has 0 radical (unpaired) electrons. The van der Waals surface area contributed by atoms with Gasteiger partial charge in [-0.2, -0.15) is 0 Å². The number of carboxylic acids is 1. The van der Waals surface area contributed by atoms with E-state index in [1.54, 1.807) is 0 Å². The van der Waals surface area contributed by atoms with Gasteiger partial charge in [-0.15, -0.1) is 0 Å². The second-order valence-electron chi connectivity index (χ2n) is 6.91. The standard InChI is InChI=1S/C16H30N2O3/c1-4-5-16(6-7-16)11-18-15(21)17-10-13(8-12(2)3)9-14(19)20/h12-13H,4-11H2,1-3H3,(H,19,20)(H2,17,18,21). The average Bonchev–Trinajstić information content (AvgIpc) is 3.13. The van der Waals surface area contributed by atoms with Crippen LogP contribution in [0.3, 0.4) is 0 Å². The molecule has 0 aliphatic heterocycles. The first-order valence-electron chi connectivity index (χ1n) is 8.10. The molecule has 1 fully saturated rings. The number of carbonyl (C=O) groups excluding carboxylic acids is 1. The van der Waals surface area contributed by atoms with Crippen LogP contribution in [0.2, 0.25) is 0 Å². The zero-order valence-corrected chi connectivity index (χ0v) is 13.6. The Bertz CT molecular complexity index is 351. The number of carbonyl (C=O) groups is 2. The third-order valence-electron chi connectivity index (χ3n) is 4.18. The minimum atomic E-state index is -0.803. The van der Waals surface area contributed by atoms with Gasteiger partial charge < -0.3 is 15.7 Å². The molecule has 0 bridgehead atoms. The molecule has 0 saturated heterocycles. The van der Waals surface area contributed by atoms with Crippen LogP contribution in [0.1, 0.15) is 59.3 Å². The zero-order valence-electron chi connectivity index (χ0n) is 13.6. The summed E-state index contributed by atoms with van der Waals surface area (Å²) in [5, 5.41) is 14.7. The molecule has 122 valence electrons. The number of carboxylic acid groups (broad SMARTS) is 1. The highest BCUT2D eigenvalue weighted by molar-refractivity contribution is 5.74. The maximum Gasteiger partial charge on any atom is 0.314 e. The van der Waals surface area contributed by atoms with Gasteiger partial charge in [0.05, 0.1) is 0 Å². The highest BCUT2D eigenvalue weighted by atomic mass is 16.4. The van der Waals surface area contributed by atoms with Crippen LogP contribution in [0, 0.1) is 17.3 Å². The van der Waals surface area contributed by atoms with Gasteiger partial charge in [0.1, 0.15) is 0 Å². The first-order valence-corrected chi connectivity index (χ1v) is 8.10. The monoisotopic (exact) mass is 298 g/mol. The Labute approximate surface area is 127 Å². The maximum absolute atomic E-state index is 11.8. The number of rotatable bonds is 10. The van der Waals surface area contributed by atoms with Crippen LogP contribution in [0.5, 0.6) is 0 Å². The highest BCUT2D eigenvalue weighted by Crippen LogP contribution is 2.48. The van der Waals surface area contributed by atoms with Gasteiger partial charge in [-0.05, 0) is 42.9 Å². The number of hydrogen-bond donors (Lipinski definition) is 3. The molecule has 2 amide bonds. The second kappa shape index (κ2) is 8.25. The third kappa shape index (κ3) is 7.34. The van der Waals surface area contributed by atoms with Crippen molar-refractivity contribution in [2.24, 2.45) is 17.3 Å². The van der Waals surface area contributed by atoms with E-state index in [1.165, 1.54) is 19.3 Å². The van der Waals surface area contributed by atoms with Crippen molar-refractivity contribution in [3.05, 3.63) is 0 Å². The van der Waals surface area contributed by atoms with Gasteiger partial charge in [0.2, 0.25) is 0 Å². The van der Waals surface area contributed by atoms with Gasteiger partial charge in [0.15, 0.2) is 0 Å². The summed E-state index contributed by atoms with van der Waals surface area (Å²) in [5.41, 5.74) is 0.338. The van der Waals surface area contributed by atoms with E-state index in [1.807, 2.05) is 0 Å². The SMILES string of the molecule is CCCC1(CNC(=O)NCC(CC(=O)O)CC(C)C)CC1. The smallest absolute Gasteiger partial charge is 0.314 e. The van der Waals surface area contributed by atoms with Crippen LogP contribution in [-0.4, -0.2) is 30.2 Å². The molecule has 1 aliphatic carbocycles. The van der Waals surface area contributed by atoms with Crippen LogP contribution >= 0.6 is 0 Å². The molecule has 1 unspecified atom stereocenters. The summed E-state index contributed by atoms with van der Waals surface area (Å²) >= 11 is 0. The predicted molar refractivity (Wildman–Crippen MR) is 83.2 cm³/mol. The van der Waals surface area contributed by atoms with E-state index < -0.39 is 5.97 Å². The quantitative estimate of drug-likeness (QED) is 0.580. The van der Waals surface area contributed by atoms with Crippen LogP contribution in [0.25, 0.3) is 0 Å². The Morgan fingerprint density at radius 2 is 1.90 bits per heavy atom. The molecule has 3 N–H and O–H groups in total. The minimum Gasteiger partial charge on any atom is -0.481 e. The van der Waals surface area contributed by atoms with Gasteiger partial charge in [0, 0.05) is 19.5 Å². The lowest BCUT2D eigenvalue weighted by molar-refractivity contribution is -0.138. The number of aliphatic carboxylic acids is 1. The lowest BCUT2D eigenvalue weighted by Crippen LogP contribution is -2.41. The Kier molecular flexibility index (Phi) is 6.99. The number of urea groups is 1. The summed E-state index contributed by atoms with van der Waals surface area (Å²) in [6.07, 6.45) is 5.65. The molecule has 0 aromatic carbocycles. The van der Waals surface area contributed by atoms with Crippen molar-refractivity contribution >= 4 is 12.0 Å². The van der Waals surface area contributed by atoms with E-state index in [0.29, 0.717) is 17.9 Å². The Morgan fingerprint density at radius 3 is 2.38 bits per heavy atom. The normalized spacial score (nSPS) is 17.3. The van der Waals surface area contributed by atoms with Crippen molar-refractivity contribution in [1.29, 1.82) is 0 Å². The molecular formula is C16H30N2O3. The fourth-order valence-corrected chi connectivity index (χ4v) is 2.94. The average molecular weight is 298 g/mol. The molecule has 21 heavy (non-hydrogen) atoms. The summed E-state index contributed by atoms with van der Waals surface area (Å²) < 4.78 is 0. The molecule has 1 atom stereocenters. The van der Waals surface area contributed by atoms with Gasteiger partial charge in [-0.25, -0.2) is 4.79 Å². The summed E-state index contributed by atoms with van der Waals surface area (Å²) in [7, 11) is 0. The summed E-state index contributed by atoms with van der Waals surface area (Å²) in [4.78, 5) is 22.7. The van der Waals surface area contributed by atoms with E-state index in [-0.39, 0.29) is 18.4 Å². The van der Waals surface area contributed by atoms with E-state index >= 15 is 0 Å². The number of nitrogens with one attached hydrogen (secondary N) is 2. The fourth-order valence-electron chi connectivity index (χ4n) is 2.94. The lowest BCUT2D eigenvalue weighted by Gasteiger charge is -2.19. The summed E-state index contributed by atoms with van der Waals surface area (Å²) in [6, 6.07) is -0.170. The van der Waals surface area contributed by atoms with Crippen molar-refractivity contribution in [3.8, 4) is 0 Å². The Balaban J connectivity index is 2.27. The third-order valence-corrected chi connectivity index (χ3v) is 4.18. The van der Waals surface area contributed by atoms with Crippen molar-refractivity contribution in [1.82, 2.24) is 10.6 Å². The van der Waals surface area contributed by atoms with E-state index in [9.17, 15) is 9.59 Å². The highest BCUT2D eigenvalue weighted by Gasteiger charge is 2.41. The maximum atomic E-state index is 11.8. The van der Waals surface area contributed by atoms with Gasteiger partial charge in [-0.3, -0.25) is 4.79 Å². The van der Waals surface area contributed by atoms with E-state index in [0.717, 1.165) is 19.4 Å². The topological polar surface area (TPSA) is 78.4 Å². The van der Waals surface area contributed by atoms with E-state index in [2.05, 4.69) is 31.4 Å². The molecule has 0 heterocycles. The van der Waals surface area contributed by atoms with Gasteiger partial charge in [0.25, 0.3) is 0 Å². The van der Waals surface area contributed by atoms with Crippen molar-refractivity contribution in [2.75, 3.05) is 13.1 Å². The molecule has 0 spiro atoms. The van der Waals surface area contributed by atoms with Gasteiger partial charge >= 0.3 is 12.0 Å². The van der Waals surface area contributed by atoms with Crippen molar-refractivity contribution in [3.63, 3.8) is 0 Å². The molecule has 1 aliphatic rings. The number of hydrogen-bond acceptors (Lipinski definition) is 2. The largest absolute Gasteiger partial charge is 0.481 e. The first kappa shape index (κ1) is 17.8. The molecule has 0 aromatic heterocycles. The summed E-state index contributed by atoms with van der Waals surface area (Å²) in [5.74, 6) is -0.375. The zero-order chi connectivity index (χ0) is 15.9. The molecule has 1 rings (SSSR count). The van der Waals surface area contributed by atoms with Crippen LogP contribution in [-0.2, 0) is 4.79 Å². The molecule has 1 saturated carbocycles. The second-order valence-corrected chi connectivity index (χ2v) is 6.91. The fraction of sp³-hybridized carbons (Fsp3) is 0.875. The predicted octanol–water partition coefficient (Wildman–Crippen LogP) is 3.00. The van der Waals surface area contributed by atoms with Crippen molar-refractivity contribution in [2.45, 2.75) is 59.3 Å². The Morgan fingerprint density at radius 1 is 1.24 bits per heavy atom. The molecule has 5 nitrogen and oxygen atoms in total. The van der Waals surface area contributed by atoms with Crippen molar-refractivity contribution < 1.29 is 14.7 Å². The lowest BCUT2D eigenvalue weighted by atomic mass is 9.94. The van der Waals surface area contributed by atoms with E-state index in [4.69, 9.17) is 5.11 Å².